The number of carbonyl (C=O) groups excluding carboxylic acids is 1. The van der Waals surface area contributed by atoms with Crippen molar-refractivity contribution in [2.24, 2.45) is 4.99 Å². The van der Waals surface area contributed by atoms with Gasteiger partial charge in [0.15, 0.2) is 0 Å². The SMILES string of the molecule is COC1(c2cn(C3=NCC(=O)N4CCc5c(cccc5-c5ccc(F)nc5)C4=C3)cn2)CC1. The van der Waals surface area contributed by atoms with Gasteiger partial charge in [0.2, 0.25) is 11.9 Å². The molecule has 4 heterocycles. The van der Waals surface area contributed by atoms with Gasteiger partial charge in [-0.05, 0) is 42.5 Å². The Bertz CT molecular complexity index is 1320. The van der Waals surface area contributed by atoms with Gasteiger partial charge in [-0.25, -0.2) is 9.97 Å². The molecular formula is C25H22FN5O2. The van der Waals surface area contributed by atoms with Crippen LogP contribution in [0.1, 0.15) is 29.7 Å². The highest BCUT2D eigenvalue weighted by Crippen LogP contribution is 2.47. The number of allylic oxidation sites excluding steroid dienone is 1. The van der Waals surface area contributed by atoms with Crippen molar-refractivity contribution in [3.63, 3.8) is 0 Å². The Balaban J connectivity index is 1.43. The first-order valence-electron chi connectivity index (χ1n) is 11.0. The molecule has 2 aliphatic heterocycles. The topological polar surface area (TPSA) is 72.6 Å². The van der Waals surface area contributed by atoms with Crippen LogP contribution in [0.25, 0.3) is 16.8 Å². The minimum atomic E-state index is -0.506. The van der Waals surface area contributed by atoms with Crippen LogP contribution in [-0.4, -0.2) is 51.4 Å². The van der Waals surface area contributed by atoms with Gasteiger partial charge in [0.1, 0.15) is 24.3 Å². The number of benzene rings is 1. The van der Waals surface area contributed by atoms with Crippen LogP contribution in [0.3, 0.4) is 0 Å². The fourth-order valence-corrected chi connectivity index (χ4v) is 4.73. The molecule has 0 unspecified atom stereocenters. The van der Waals surface area contributed by atoms with E-state index in [0.29, 0.717) is 18.8 Å². The van der Waals surface area contributed by atoms with Crippen LogP contribution >= 0.6 is 0 Å². The molecule has 1 amide bonds. The molecule has 0 atom stereocenters. The van der Waals surface area contributed by atoms with E-state index >= 15 is 0 Å². The maximum Gasteiger partial charge on any atom is 0.248 e. The Morgan fingerprint density at radius 1 is 1.12 bits per heavy atom. The summed E-state index contributed by atoms with van der Waals surface area (Å²) in [6.45, 7) is 0.642. The van der Waals surface area contributed by atoms with Gasteiger partial charge in [0.05, 0.1) is 11.4 Å². The molecule has 0 saturated heterocycles. The quantitative estimate of drug-likeness (QED) is 0.582. The van der Waals surface area contributed by atoms with Crippen LogP contribution in [0.5, 0.6) is 0 Å². The number of halogens is 1. The van der Waals surface area contributed by atoms with Crippen molar-refractivity contribution >= 4 is 17.4 Å². The fourth-order valence-electron chi connectivity index (χ4n) is 4.73. The number of rotatable bonds is 3. The van der Waals surface area contributed by atoms with Crippen LogP contribution in [0.2, 0.25) is 0 Å². The molecule has 1 aromatic carbocycles. The number of hydrogen-bond donors (Lipinski definition) is 0. The van der Waals surface area contributed by atoms with Crippen molar-refractivity contribution in [1.82, 2.24) is 19.4 Å². The van der Waals surface area contributed by atoms with Crippen molar-refractivity contribution in [2.75, 3.05) is 20.2 Å². The Hall–Kier alpha value is -3.65. The van der Waals surface area contributed by atoms with E-state index in [1.807, 2.05) is 35.0 Å². The summed E-state index contributed by atoms with van der Waals surface area (Å²) < 4.78 is 20.9. The molecule has 33 heavy (non-hydrogen) atoms. The highest BCUT2D eigenvalue weighted by Gasteiger charge is 2.47. The summed E-state index contributed by atoms with van der Waals surface area (Å²) >= 11 is 0. The van der Waals surface area contributed by atoms with Crippen LogP contribution in [0, 0.1) is 5.95 Å². The summed E-state index contributed by atoms with van der Waals surface area (Å²) in [7, 11) is 1.71. The number of hydrogen-bond acceptors (Lipinski definition) is 5. The molecule has 3 aromatic rings. The second-order valence-electron chi connectivity index (χ2n) is 8.57. The van der Waals surface area contributed by atoms with Gasteiger partial charge < -0.3 is 9.64 Å². The lowest BCUT2D eigenvalue weighted by atomic mass is 9.89. The van der Waals surface area contributed by atoms with Crippen molar-refractivity contribution in [2.45, 2.75) is 24.9 Å². The van der Waals surface area contributed by atoms with Gasteiger partial charge >= 0.3 is 0 Å². The maximum atomic E-state index is 13.4. The smallest absolute Gasteiger partial charge is 0.248 e. The normalized spacial score (nSPS) is 18.7. The summed E-state index contributed by atoms with van der Waals surface area (Å²) in [4.78, 5) is 27.7. The number of ether oxygens (including phenoxy) is 1. The van der Waals surface area contributed by atoms with E-state index < -0.39 is 5.95 Å². The summed E-state index contributed by atoms with van der Waals surface area (Å²) in [6, 6.07) is 9.10. The van der Waals surface area contributed by atoms with Crippen LogP contribution in [0.15, 0.2) is 60.1 Å². The Kier molecular flexibility index (Phi) is 4.51. The highest BCUT2D eigenvalue weighted by molar-refractivity contribution is 6.06. The molecule has 1 fully saturated rings. The Labute approximate surface area is 190 Å². The number of pyridine rings is 1. The predicted octanol–water partition coefficient (Wildman–Crippen LogP) is 3.41. The first kappa shape index (κ1) is 20.0. The predicted molar refractivity (Wildman–Crippen MR) is 121 cm³/mol. The van der Waals surface area contributed by atoms with Crippen molar-refractivity contribution in [3.8, 4) is 11.1 Å². The third kappa shape index (κ3) is 3.29. The lowest BCUT2D eigenvalue weighted by Crippen LogP contribution is -2.36. The van der Waals surface area contributed by atoms with E-state index in [-0.39, 0.29) is 18.1 Å². The minimum Gasteiger partial charge on any atom is -0.372 e. The standard InChI is InChI=1S/C25H22FN5O2/c1-33-25(8-9-25)21-14-30(15-29-21)23-11-20-19-4-2-3-17(16-5-6-22(26)27-12-16)18(19)7-10-31(20)24(32)13-28-23/h2-6,11-12,14-15H,7-10,13H2,1H3. The van der Waals surface area contributed by atoms with Gasteiger partial charge in [-0.2, -0.15) is 4.39 Å². The third-order valence-electron chi connectivity index (χ3n) is 6.72. The van der Waals surface area contributed by atoms with Crippen LogP contribution in [-0.2, 0) is 21.6 Å². The average Bonchev–Trinajstić information content (AvgIpc) is 3.53. The van der Waals surface area contributed by atoms with Crippen molar-refractivity contribution < 1.29 is 13.9 Å². The zero-order chi connectivity index (χ0) is 22.6. The molecule has 0 radical (unpaired) electrons. The molecule has 3 aliphatic rings. The van der Waals surface area contributed by atoms with Gasteiger partial charge in [0, 0.05) is 43.3 Å². The number of fused-ring (bicyclic) bond motifs is 3. The lowest BCUT2D eigenvalue weighted by Gasteiger charge is -2.32. The second kappa shape index (κ2) is 7.45. The van der Waals surface area contributed by atoms with Crippen LogP contribution < -0.4 is 0 Å². The van der Waals surface area contributed by atoms with E-state index in [1.54, 1.807) is 30.6 Å². The van der Waals surface area contributed by atoms with E-state index in [1.165, 1.54) is 6.07 Å². The summed E-state index contributed by atoms with van der Waals surface area (Å²) in [6.07, 6.45) is 9.78. The van der Waals surface area contributed by atoms with E-state index in [0.717, 1.165) is 46.5 Å². The first-order valence-corrected chi connectivity index (χ1v) is 11.0. The van der Waals surface area contributed by atoms with E-state index in [2.05, 4.69) is 15.0 Å². The largest absolute Gasteiger partial charge is 0.372 e. The average molecular weight is 443 g/mol. The zero-order valence-electron chi connectivity index (χ0n) is 18.2. The first-order chi connectivity index (χ1) is 16.1. The Morgan fingerprint density at radius 3 is 2.73 bits per heavy atom. The fraction of sp³-hybridized carbons (Fsp3) is 0.280. The number of amides is 1. The number of aromatic nitrogens is 3. The number of aliphatic imine (C=N–C) groups is 1. The molecule has 8 heteroatoms. The molecule has 2 aromatic heterocycles. The van der Waals surface area contributed by atoms with Gasteiger partial charge in [0.25, 0.3) is 0 Å². The highest BCUT2D eigenvalue weighted by atomic mass is 19.1. The lowest BCUT2D eigenvalue weighted by molar-refractivity contribution is -0.126. The van der Waals surface area contributed by atoms with E-state index in [4.69, 9.17) is 4.74 Å². The molecular weight excluding hydrogens is 421 g/mol. The molecule has 166 valence electrons. The minimum absolute atomic E-state index is 0.0355. The Morgan fingerprint density at radius 2 is 1.97 bits per heavy atom. The maximum absolute atomic E-state index is 13.4. The summed E-state index contributed by atoms with van der Waals surface area (Å²) in [5.74, 6) is 0.119. The molecule has 6 rings (SSSR count). The number of imidazole rings is 1. The molecule has 0 bridgehead atoms. The van der Waals surface area contributed by atoms with Crippen molar-refractivity contribution in [3.05, 3.63) is 77.9 Å². The van der Waals surface area contributed by atoms with Crippen molar-refractivity contribution in [1.29, 1.82) is 0 Å². The molecule has 0 spiro atoms. The number of carbonyl (C=O) groups is 1. The summed E-state index contributed by atoms with van der Waals surface area (Å²) in [5.41, 5.74) is 5.35. The second-order valence-corrected chi connectivity index (χ2v) is 8.57. The van der Waals surface area contributed by atoms with Crippen LogP contribution in [0.4, 0.5) is 4.39 Å². The van der Waals surface area contributed by atoms with E-state index in [9.17, 15) is 9.18 Å². The zero-order valence-corrected chi connectivity index (χ0v) is 18.2. The molecule has 7 nitrogen and oxygen atoms in total. The third-order valence-corrected chi connectivity index (χ3v) is 6.72. The van der Waals surface area contributed by atoms with Gasteiger partial charge in [-0.1, -0.05) is 18.2 Å². The number of methoxy groups -OCH3 is 1. The molecule has 1 aliphatic carbocycles. The molecule has 1 saturated carbocycles. The summed E-state index contributed by atoms with van der Waals surface area (Å²) in [5, 5.41) is 0. The monoisotopic (exact) mass is 443 g/mol. The molecule has 0 N–H and O–H groups in total. The van der Waals surface area contributed by atoms with Gasteiger partial charge in [-0.3, -0.25) is 14.4 Å². The van der Waals surface area contributed by atoms with Gasteiger partial charge in [-0.15, -0.1) is 0 Å². The number of nitrogens with zero attached hydrogens (tertiary/aromatic N) is 5.